The summed E-state index contributed by atoms with van der Waals surface area (Å²) in [4.78, 5) is 20.7. The molecular weight excluding hydrogens is 266 g/mol. The second-order valence-corrected chi connectivity index (χ2v) is 6.68. The zero-order valence-corrected chi connectivity index (χ0v) is 13.5. The lowest BCUT2D eigenvalue weighted by Crippen LogP contribution is -2.59. The number of ether oxygens (including phenoxy) is 1. The molecule has 0 radical (unpaired) electrons. The Balaban J connectivity index is 2.07. The number of hydrogen-bond acceptors (Lipinski definition) is 4. The number of hydrogen-bond donors (Lipinski definition) is 0. The number of aromatic nitrogens is 1. The Labute approximate surface area is 126 Å². The van der Waals surface area contributed by atoms with Crippen LogP contribution in [-0.2, 0) is 4.74 Å². The van der Waals surface area contributed by atoms with Crippen molar-refractivity contribution >= 4 is 11.9 Å². The fourth-order valence-electron chi connectivity index (χ4n) is 2.76. The molecule has 2 atom stereocenters. The molecule has 116 valence electrons. The van der Waals surface area contributed by atoms with Crippen LogP contribution in [0.2, 0.25) is 0 Å². The molecule has 0 unspecified atom stereocenters. The van der Waals surface area contributed by atoms with Gasteiger partial charge in [-0.15, -0.1) is 0 Å². The van der Waals surface area contributed by atoms with Crippen LogP contribution in [0.4, 0.5) is 10.6 Å². The minimum atomic E-state index is -0.457. The molecule has 1 fully saturated rings. The van der Waals surface area contributed by atoms with Crippen LogP contribution in [0, 0.1) is 0 Å². The molecule has 1 aromatic heterocycles. The van der Waals surface area contributed by atoms with Gasteiger partial charge in [-0.2, -0.15) is 0 Å². The van der Waals surface area contributed by atoms with Crippen LogP contribution in [0.5, 0.6) is 0 Å². The lowest BCUT2D eigenvalue weighted by atomic mass is 10.1. The highest BCUT2D eigenvalue weighted by atomic mass is 16.6. The summed E-state index contributed by atoms with van der Waals surface area (Å²) in [5.74, 6) is 0.960. The highest BCUT2D eigenvalue weighted by Crippen LogP contribution is 2.23. The first-order valence-corrected chi connectivity index (χ1v) is 7.45. The van der Waals surface area contributed by atoms with Gasteiger partial charge in [0.2, 0.25) is 0 Å². The fourth-order valence-corrected chi connectivity index (χ4v) is 2.76. The summed E-state index contributed by atoms with van der Waals surface area (Å²) in [6.45, 7) is 11.2. The number of rotatable bonds is 1. The number of pyridine rings is 1. The Morgan fingerprint density at radius 1 is 1.24 bits per heavy atom. The Morgan fingerprint density at radius 2 is 1.86 bits per heavy atom. The summed E-state index contributed by atoms with van der Waals surface area (Å²) in [5.41, 5.74) is -0.457. The number of carbonyl (C=O) groups excluding carboxylic acids is 1. The molecule has 0 N–H and O–H groups in total. The molecule has 0 saturated carbocycles. The van der Waals surface area contributed by atoms with Crippen molar-refractivity contribution in [3.63, 3.8) is 0 Å². The van der Waals surface area contributed by atoms with E-state index in [9.17, 15) is 4.79 Å². The van der Waals surface area contributed by atoms with E-state index in [1.165, 1.54) is 0 Å². The first-order valence-electron chi connectivity index (χ1n) is 7.45. The van der Waals surface area contributed by atoms with Gasteiger partial charge in [0, 0.05) is 31.4 Å². The Hall–Kier alpha value is -1.78. The van der Waals surface area contributed by atoms with Gasteiger partial charge >= 0.3 is 6.09 Å². The number of piperazine rings is 1. The molecular formula is C16H25N3O2. The number of carbonyl (C=O) groups is 1. The van der Waals surface area contributed by atoms with Gasteiger partial charge in [0.25, 0.3) is 0 Å². The van der Waals surface area contributed by atoms with Crippen LogP contribution in [-0.4, -0.2) is 46.8 Å². The predicted octanol–water partition coefficient (Wildman–Crippen LogP) is 2.92. The molecule has 2 rings (SSSR count). The highest BCUT2D eigenvalue weighted by Gasteiger charge is 2.34. The monoisotopic (exact) mass is 291 g/mol. The Kier molecular flexibility index (Phi) is 4.40. The predicted molar refractivity (Wildman–Crippen MR) is 83.4 cm³/mol. The fraction of sp³-hybridized carbons (Fsp3) is 0.625. The summed E-state index contributed by atoms with van der Waals surface area (Å²) in [7, 11) is 0. The molecule has 2 heterocycles. The summed E-state index contributed by atoms with van der Waals surface area (Å²) >= 11 is 0. The maximum absolute atomic E-state index is 12.2. The number of amides is 1. The van der Waals surface area contributed by atoms with Crippen LogP contribution < -0.4 is 4.90 Å². The van der Waals surface area contributed by atoms with Gasteiger partial charge in [0.1, 0.15) is 11.4 Å². The van der Waals surface area contributed by atoms with Crippen molar-refractivity contribution < 1.29 is 9.53 Å². The minimum Gasteiger partial charge on any atom is -0.444 e. The van der Waals surface area contributed by atoms with Crippen molar-refractivity contribution in [2.75, 3.05) is 18.0 Å². The lowest BCUT2D eigenvalue weighted by molar-refractivity contribution is 0.0192. The number of anilines is 1. The van der Waals surface area contributed by atoms with Gasteiger partial charge < -0.3 is 14.5 Å². The van der Waals surface area contributed by atoms with Crippen LogP contribution in [0.15, 0.2) is 24.4 Å². The average molecular weight is 291 g/mol. The summed E-state index contributed by atoms with van der Waals surface area (Å²) in [6.07, 6.45) is 1.57. The highest BCUT2D eigenvalue weighted by molar-refractivity contribution is 5.69. The van der Waals surface area contributed by atoms with E-state index in [0.29, 0.717) is 13.1 Å². The second-order valence-electron chi connectivity index (χ2n) is 6.68. The first kappa shape index (κ1) is 15.6. The molecule has 1 aliphatic heterocycles. The van der Waals surface area contributed by atoms with Gasteiger partial charge in [-0.25, -0.2) is 9.78 Å². The average Bonchev–Trinajstić information content (AvgIpc) is 2.37. The van der Waals surface area contributed by atoms with Crippen LogP contribution in [0.25, 0.3) is 0 Å². The van der Waals surface area contributed by atoms with E-state index in [0.717, 1.165) is 5.82 Å². The molecule has 1 saturated heterocycles. The first-order chi connectivity index (χ1) is 9.78. The molecule has 5 heteroatoms. The van der Waals surface area contributed by atoms with Crippen molar-refractivity contribution in [2.24, 2.45) is 0 Å². The SMILES string of the molecule is C[C@@H]1CN(C(=O)OC(C)(C)C)C[C@H](C)N1c1ccccn1. The molecule has 1 aromatic rings. The Morgan fingerprint density at radius 3 is 2.33 bits per heavy atom. The molecule has 0 aliphatic carbocycles. The van der Waals surface area contributed by atoms with E-state index in [1.807, 2.05) is 39.0 Å². The van der Waals surface area contributed by atoms with Gasteiger partial charge in [-0.1, -0.05) is 6.07 Å². The van der Waals surface area contributed by atoms with E-state index in [2.05, 4.69) is 23.7 Å². The largest absolute Gasteiger partial charge is 0.444 e. The van der Waals surface area contributed by atoms with Crippen LogP contribution in [0.3, 0.4) is 0 Å². The smallest absolute Gasteiger partial charge is 0.410 e. The summed E-state index contributed by atoms with van der Waals surface area (Å²) in [6, 6.07) is 6.32. The molecule has 1 amide bonds. The third kappa shape index (κ3) is 3.86. The van der Waals surface area contributed by atoms with E-state index in [4.69, 9.17) is 4.74 Å². The number of nitrogens with zero attached hydrogens (tertiary/aromatic N) is 3. The van der Waals surface area contributed by atoms with Gasteiger partial charge in [0.15, 0.2) is 0 Å². The van der Waals surface area contributed by atoms with E-state index >= 15 is 0 Å². The molecule has 5 nitrogen and oxygen atoms in total. The zero-order valence-electron chi connectivity index (χ0n) is 13.5. The lowest BCUT2D eigenvalue weighted by Gasteiger charge is -2.45. The van der Waals surface area contributed by atoms with Crippen molar-refractivity contribution in [2.45, 2.75) is 52.3 Å². The minimum absolute atomic E-state index is 0.205. The van der Waals surface area contributed by atoms with Gasteiger partial charge in [-0.3, -0.25) is 0 Å². The van der Waals surface area contributed by atoms with E-state index in [1.54, 1.807) is 11.1 Å². The maximum atomic E-state index is 12.2. The molecule has 1 aliphatic rings. The van der Waals surface area contributed by atoms with Gasteiger partial charge in [0.05, 0.1) is 0 Å². The molecule has 21 heavy (non-hydrogen) atoms. The molecule has 0 aromatic carbocycles. The third-order valence-corrected chi connectivity index (χ3v) is 3.48. The van der Waals surface area contributed by atoms with Crippen LogP contribution >= 0.6 is 0 Å². The van der Waals surface area contributed by atoms with Crippen molar-refractivity contribution in [3.8, 4) is 0 Å². The summed E-state index contributed by atoms with van der Waals surface area (Å²) in [5, 5.41) is 0. The van der Waals surface area contributed by atoms with Crippen molar-refractivity contribution in [3.05, 3.63) is 24.4 Å². The third-order valence-electron chi connectivity index (χ3n) is 3.48. The normalized spacial score (nSPS) is 23.1. The standard InChI is InChI=1S/C16H25N3O2/c1-12-10-18(15(20)21-16(3,4)5)11-13(2)19(12)14-8-6-7-9-17-14/h6-9,12-13H,10-11H2,1-5H3/t12-,13+. The second kappa shape index (κ2) is 5.92. The van der Waals surface area contributed by atoms with Crippen molar-refractivity contribution in [1.29, 1.82) is 0 Å². The van der Waals surface area contributed by atoms with Crippen LogP contribution in [0.1, 0.15) is 34.6 Å². The quantitative estimate of drug-likeness (QED) is 0.798. The maximum Gasteiger partial charge on any atom is 0.410 e. The van der Waals surface area contributed by atoms with Crippen molar-refractivity contribution in [1.82, 2.24) is 9.88 Å². The van der Waals surface area contributed by atoms with Gasteiger partial charge in [-0.05, 0) is 46.8 Å². The van der Waals surface area contributed by atoms with E-state index < -0.39 is 5.60 Å². The molecule has 0 spiro atoms. The zero-order chi connectivity index (χ0) is 15.6. The summed E-state index contributed by atoms with van der Waals surface area (Å²) < 4.78 is 5.47. The van der Waals surface area contributed by atoms with E-state index in [-0.39, 0.29) is 18.2 Å². The molecule has 0 bridgehead atoms. The Bertz CT molecular complexity index is 472. The topological polar surface area (TPSA) is 45.7 Å².